The van der Waals surface area contributed by atoms with E-state index < -0.39 is 15.9 Å². The van der Waals surface area contributed by atoms with Crippen LogP contribution in [0.3, 0.4) is 0 Å². The number of amides is 2. The van der Waals surface area contributed by atoms with Crippen molar-refractivity contribution < 1.29 is 20.9 Å². The van der Waals surface area contributed by atoms with Crippen LogP contribution in [0.25, 0.3) is 0 Å². The maximum Gasteiger partial charge on any atom is 0.257 e. The standard InChI is InChI=1S/C16H15N3O3S.C14H13NO.C3H8.C2H6.2H2/c1-19(23(2,21)22)15-6-4-3-5-14(15)16(20)18-13-9-7-12(11-17)8-10-13;1-11-7-5-6-10-13(11)14(16)15-12-8-3-2-4-9-12;1-3-2;1-2;;/h3-10H,1-2H3,(H,18,20);2-10H,1H3,(H,15,16);3H2,1-2H3;1-2H3;2*1H. The van der Waals surface area contributed by atoms with E-state index in [1.54, 1.807) is 48.5 Å². The molecule has 0 heterocycles. The second-order valence-corrected chi connectivity index (χ2v) is 11.2. The topological polar surface area (TPSA) is 119 Å². The Morgan fingerprint density at radius 3 is 1.68 bits per heavy atom. The first kappa shape index (κ1) is 37.1. The quantitative estimate of drug-likeness (QED) is 0.225. The normalized spacial score (nSPS) is 9.68. The molecule has 4 rings (SSSR count). The third-order valence-corrected chi connectivity index (χ3v) is 6.87. The van der Waals surface area contributed by atoms with Crippen molar-refractivity contribution >= 4 is 38.9 Å². The summed E-state index contributed by atoms with van der Waals surface area (Å²) in [6.45, 7) is 10.2. The molecule has 0 aliphatic heterocycles. The van der Waals surface area contributed by atoms with Gasteiger partial charge in [-0.15, -0.1) is 0 Å². The molecule has 2 N–H and O–H groups in total. The largest absolute Gasteiger partial charge is 0.322 e. The highest BCUT2D eigenvalue weighted by Gasteiger charge is 2.19. The van der Waals surface area contributed by atoms with Gasteiger partial charge in [-0.05, 0) is 67.1 Å². The van der Waals surface area contributed by atoms with Gasteiger partial charge in [-0.3, -0.25) is 13.9 Å². The number of benzene rings is 4. The Morgan fingerprint density at radius 2 is 1.18 bits per heavy atom. The fourth-order valence-electron chi connectivity index (χ4n) is 3.49. The van der Waals surface area contributed by atoms with Crippen LogP contribution in [0.15, 0.2) is 103 Å². The summed E-state index contributed by atoms with van der Waals surface area (Å²) >= 11 is 0. The minimum absolute atomic E-state index is 0. The van der Waals surface area contributed by atoms with Crippen LogP contribution >= 0.6 is 0 Å². The average Bonchev–Trinajstić information content (AvgIpc) is 3.03. The highest BCUT2D eigenvalue weighted by molar-refractivity contribution is 7.92. The first-order valence-corrected chi connectivity index (χ1v) is 16.1. The van der Waals surface area contributed by atoms with Gasteiger partial charge in [0.1, 0.15) is 0 Å². The van der Waals surface area contributed by atoms with Crippen molar-refractivity contribution in [2.75, 3.05) is 28.2 Å². The molecule has 44 heavy (non-hydrogen) atoms. The van der Waals surface area contributed by atoms with Gasteiger partial charge in [0.05, 0.1) is 29.1 Å². The van der Waals surface area contributed by atoms with E-state index in [9.17, 15) is 18.0 Å². The number of para-hydroxylation sites is 2. The van der Waals surface area contributed by atoms with Gasteiger partial charge < -0.3 is 10.6 Å². The van der Waals surface area contributed by atoms with Gasteiger partial charge in [-0.1, -0.05) is 82.6 Å². The molecule has 4 aromatic rings. The van der Waals surface area contributed by atoms with E-state index in [4.69, 9.17) is 5.26 Å². The van der Waals surface area contributed by atoms with E-state index in [1.165, 1.54) is 13.5 Å². The zero-order chi connectivity index (χ0) is 33.1. The Bertz CT molecular complexity index is 1630. The van der Waals surface area contributed by atoms with Gasteiger partial charge in [-0.25, -0.2) is 8.42 Å². The Balaban J connectivity index is 0. The van der Waals surface area contributed by atoms with Gasteiger partial charge in [0.2, 0.25) is 10.0 Å². The van der Waals surface area contributed by atoms with Crippen LogP contribution in [0.1, 0.15) is 68.8 Å². The van der Waals surface area contributed by atoms with Crippen molar-refractivity contribution in [3.8, 4) is 6.07 Å². The molecule has 8 nitrogen and oxygen atoms in total. The minimum atomic E-state index is -3.48. The van der Waals surface area contributed by atoms with Crippen molar-refractivity contribution in [3.63, 3.8) is 0 Å². The molecule has 0 saturated heterocycles. The molecule has 0 aliphatic rings. The number of carbonyl (C=O) groups excluding carboxylic acids is 2. The summed E-state index contributed by atoms with van der Waals surface area (Å²) in [5.41, 5.74) is 4.05. The van der Waals surface area contributed by atoms with Crippen molar-refractivity contribution in [1.82, 2.24) is 0 Å². The summed E-state index contributed by atoms with van der Waals surface area (Å²) in [6.07, 6.45) is 2.32. The number of rotatable bonds is 6. The Hall–Kier alpha value is -4.94. The number of aryl methyl sites for hydroxylation is 1. The van der Waals surface area contributed by atoms with Gasteiger partial charge in [0.15, 0.2) is 0 Å². The van der Waals surface area contributed by atoms with Crippen molar-refractivity contribution in [1.29, 1.82) is 5.26 Å². The van der Waals surface area contributed by atoms with E-state index in [0.717, 1.165) is 21.8 Å². The van der Waals surface area contributed by atoms with Crippen molar-refractivity contribution in [3.05, 3.63) is 125 Å². The fourth-order valence-corrected chi connectivity index (χ4v) is 4.01. The number of hydrogen-bond donors (Lipinski definition) is 2. The van der Waals surface area contributed by atoms with E-state index in [0.29, 0.717) is 22.5 Å². The van der Waals surface area contributed by atoms with Crippen molar-refractivity contribution in [2.24, 2.45) is 0 Å². The molecule has 0 aliphatic carbocycles. The molecule has 9 heteroatoms. The van der Waals surface area contributed by atoms with Crippen LogP contribution in [0.2, 0.25) is 0 Å². The summed E-state index contributed by atoms with van der Waals surface area (Å²) < 4.78 is 24.5. The molecule has 0 fully saturated rings. The Kier molecular flexibility index (Phi) is 16.3. The molecular formula is C35H46N4O4S. The first-order valence-electron chi connectivity index (χ1n) is 14.3. The van der Waals surface area contributed by atoms with Crippen LogP contribution in [0.4, 0.5) is 17.1 Å². The number of nitrogens with one attached hydrogen (secondary N) is 2. The second-order valence-electron chi connectivity index (χ2n) is 9.23. The minimum Gasteiger partial charge on any atom is -0.322 e. The highest BCUT2D eigenvalue weighted by atomic mass is 32.2. The molecule has 4 aromatic carbocycles. The third-order valence-electron chi connectivity index (χ3n) is 5.68. The van der Waals surface area contributed by atoms with Crippen LogP contribution in [-0.4, -0.2) is 33.5 Å². The number of nitriles is 1. The predicted octanol–water partition coefficient (Wildman–Crippen LogP) is 8.39. The summed E-state index contributed by atoms with van der Waals surface area (Å²) in [4.78, 5) is 24.3. The fraction of sp³-hybridized carbons (Fsp3) is 0.229. The molecule has 0 bridgehead atoms. The zero-order valence-corrected chi connectivity index (χ0v) is 27.3. The van der Waals surface area contributed by atoms with Crippen LogP contribution < -0.4 is 14.9 Å². The predicted molar refractivity (Wildman–Crippen MR) is 186 cm³/mol. The first-order chi connectivity index (χ1) is 21.0. The molecule has 0 atom stereocenters. The van der Waals surface area contributed by atoms with Gasteiger partial charge in [0.25, 0.3) is 11.8 Å². The zero-order valence-electron chi connectivity index (χ0n) is 26.5. The molecule has 0 radical (unpaired) electrons. The molecule has 0 unspecified atom stereocenters. The smallest absolute Gasteiger partial charge is 0.257 e. The van der Waals surface area contributed by atoms with Gasteiger partial charge in [0, 0.05) is 26.8 Å². The Morgan fingerprint density at radius 1 is 0.750 bits per heavy atom. The van der Waals surface area contributed by atoms with Crippen LogP contribution in [0, 0.1) is 18.3 Å². The molecular weight excluding hydrogens is 572 g/mol. The SMILES string of the molecule is CC.CCC.CN(c1ccccc1C(=O)Nc1ccc(C#N)cc1)S(C)(=O)=O.Cc1ccccc1C(=O)Nc1ccccc1.[HH].[HH]. The van der Waals surface area contributed by atoms with E-state index in [-0.39, 0.29) is 14.3 Å². The number of carbonyl (C=O) groups is 2. The molecule has 0 aromatic heterocycles. The molecule has 0 saturated carbocycles. The molecule has 236 valence electrons. The van der Waals surface area contributed by atoms with Crippen LogP contribution in [-0.2, 0) is 10.0 Å². The Labute approximate surface area is 265 Å². The number of hydrogen-bond acceptors (Lipinski definition) is 5. The number of nitrogens with zero attached hydrogens (tertiary/aromatic N) is 2. The van der Waals surface area contributed by atoms with Crippen molar-refractivity contribution in [2.45, 2.75) is 41.0 Å². The lowest BCUT2D eigenvalue weighted by Crippen LogP contribution is -2.27. The lowest BCUT2D eigenvalue weighted by Gasteiger charge is -2.19. The lowest BCUT2D eigenvalue weighted by atomic mass is 10.1. The molecule has 2 amide bonds. The number of anilines is 3. The monoisotopic (exact) mass is 618 g/mol. The summed E-state index contributed by atoms with van der Waals surface area (Å²) in [5, 5.41) is 14.3. The maximum atomic E-state index is 12.4. The van der Waals surface area contributed by atoms with E-state index in [1.807, 2.05) is 81.4 Å². The average molecular weight is 619 g/mol. The van der Waals surface area contributed by atoms with Gasteiger partial charge >= 0.3 is 0 Å². The second kappa shape index (κ2) is 19.3. The number of sulfonamides is 1. The third kappa shape index (κ3) is 12.1. The summed E-state index contributed by atoms with van der Waals surface area (Å²) in [5.74, 6) is -0.495. The maximum absolute atomic E-state index is 12.4. The van der Waals surface area contributed by atoms with Crippen LogP contribution in [0.5, 0.6) is 0 Å². The lowest BCUT2D eigenvalue weighted by molar-refractivity contribution is 0.101. The summed E-state index contributed by atoms with van der Waals surface area (Å²) in [6, 6.07) is 31.8. The molecule has 0 spiro atoms. The van der Waals surface area contributed by atoms with E-state index in [2.05, 4.69) is 24.5 Å². The van der Waals surface area contributed by atoms with Gasteiger partial charge in [-0.2, -0.15) is 5.26 Å². The van der Waals surface area contributed by atoms with E-state index >= 15 is 0 Å². The highest BCUT2D eigenvalue weighted by Crippen LogP contribution is 2.22. The summed E-state index contributed by atoms with van der Waals surface area (Å²) in [7, 11) is -2.08.